The summed E-state index contributed by atoms with van der Waals surface area (Å²) in [5.41, 5.74) is 2.36. The molecule has 0 aromatic heterocycles. The molecule has 0 aliphatic rings. The zero-order valence-electron chi connectivity index (χ0n) is 13.7. The molecule has 0 aliphatic carbocycles. The second-order valence-electron chi connectivity index (χ2n) is 5.38. The third-order valence-electron chi connectivity index (χ3n) is 3.36. The van der Waals surface area contributed by atoms with Gasteiger partial charge in [0.2, 0.25) is 5.91 Å². The number of rotatable bonds is 6. The molecular weight excluding hydrogens is 306 g/mol. The van der Waals surface area contributed by atoms with Crippen LogP contribution >= 0.6 is 0 Å². The lowest BCUT2D eigenvalue weighted by Gasteiger charge is -2.12. The standard InChI is InChI=1S/C19H19NO4/c1-13-8-9-17(20-18(22)10-11-24-14(2)21)16(12-13)19(23)15-6-4-3-5-7-15/h3-9,12H,10-11H2,1-2H3,(H,20,22). The highest BCUT2D eigenvalue weighted by Crippen LogP contribution is 2.21. The van der Waals surface area contributed by atoms with E-state index >= 15 is 0 Å². The van der Waals surface area contributed by atoms with Crippen molar-refractivity contribution in [3.05, 3.63) is 65.2 Å². The number of aryl methyl sites for hydroxylation is 1. The van der Waals surface area contributed by atoms with Crippen molar-refractivity contribution >= 4 is 23.3 Å². The topological polar surface area (TPSA) is 72.5 Å². The summed E-state index contributed by atoms with van der Waals surface area (Å²) in [5, 5.41) is 2.71. The predicted octanol–water partition coefficient (Wildman–Crippen LogP) is 3.12. The molecule has 0 heterocycles. The Labute approximate surface area is 140 Å². The number of hydrogen-bond donors (Lipinski definition) is 1. The lowest BCUT2D eigenvalue weighted by Crippen LogP contribution is -2.17. The molecule has 2 rings (SSSR count). The molecule has 0 bridgehead atoms. The molecular formula is C19H19NO4. The Morgan fingerprint density at radius 2 is 1.75 bits per heavy atom. The molecule has 0 fully saturated rings. The second kappa shape index (κ2) is 8.06. The van der Waals surface area contributed by atoms with Crippen molar-refractivity contribution in [2.45, 2.75) is 20.3 Å². The van der Waals surface area contributed by atoms with Gasteiger partial charge in [0.15, 0.2) is 5.78 Å². The fourth-order valence-electron chi connectivity index (χ4n) is 2.20. The number of benzene rings is 2. The molecule has 0 unspecified atom stereocenters. The average molecular weight is 325 g/mol. The highest BCUT2D eigenvalue weighted by molar-refractivity contribution is 6.13. The summed E-state index contributed by atoms with van der Waals surface area (Å²) in [5.74, 6) is -0.908. The largest absolute Gasteiger partial charge is 0.465 e. The van der Waals surface area contributed by atoms with Crippen LogP contribution in [0.2, 0.25) is 0 Å². The van der Waals surface area contributed by atoms with Crippen molar-refractivity contribution in [3.8, 4) is 0 Å². The van der Waals surface area contributed by atoms with E-state index in [9.17, 15) is 14.4 Å². The van der Waals surface area contributed by atoms with Gasteiger partial charge in [-0.1, -0.05) is 42.0 Å². The van der Waals surface area contributed by atoms with Crippen LogP contribution in [0.25, 0.3) is 0 Å². The summed E-state index contributed by atoms with van der Waals surface area (Å²) >= 11 is 0. The van der Waals surface area contributed by atoms with E-state index in [2.05, 4.69) is 5.32 Å². The first-order valence-corrected chi connectivity index (χ1v) is 7.61. The maximum Gasteiger partial charge on any atom is 0.302 e. The van der Waals surface area contributed by atoms with E-state index in [0.717, 1.165) is 5.56 Å². The molecule has 2 aromatic rings. The summed E-state index contributed by atoms with van der Waals surface area (Å²) in [6, 6.07) is 14.2. The number of nitrogens with one attached hydrogen (secondary N) is 1. The van der Waals surface area contributed by atoms with Crippen molar-refractivity contribution in [1.29, 1.82) is 0 Å². The number of carbonyl (C=O) groups is 3. The first-order chi connectivity index (χ1) is 11.5. The molecule has 0 radical (unpaired) electrons. The van der Waals surface area contributed by atoms with Crippen LogP contribution in [0, 0.1) is 6.92 Å². The van der Waals surface area contributed by atoms with E-state index < -0.39 is 5.97 Å². The van der Waals surface area contributed by atoms with Crippen LogP contribution in [-0.2, 0) is 14.3 Å². The van der Waals surface area contributed by atoms with Crippen LogP contribution in [0.4, 0.5) is 5.69 Å². The Hall–Kier alpha value is -2.95. The summed E-state index contributed by atoms with van der Waals surface area (Å²) in [6.07, 6.45) is 0.0342. The minimum absolute atomic E-state index is 0.00892. The number of esters is 1. The summed E-state index contributed by atoms with van der Waals surface area (Å²) in [6.45, 7) is 3.18. The predicted molar refractivity (Wildman–Crippen MR) is 90.9 cm³/mol. The second-order valence-corrected chi connectivity index (χ2v) is 5.38. The lowest BCUT2D eigenvalue weighted by atomic mass is 9.99. The van der Waals surface area contributed by atoms with Crippen LogP contribution in [-0.4, -0.2) is 24.3 Å². The number of hydrogen-bond acceptors (Lipinski definition) is 4. The summed E-state index contributed by atoms with van der Waals surface area (Å²) in [4.78, 5) is 35.4. The quantitative estimate of drug-likeness (QED) is 0.654. The number of amides is 1. The molecule has 0 saturated heterocycles. The van der Waals surface area contributed by atoms with Crippen LogP contribution in [0.15, 0.2) is 48.5 Å². The molecule has 0 atom stereocenters. The van der Waals surface area contributed by atoms with Crippen molar-refractivity contribution < 1.29 is 19.1 Å². The molecule has 1 amide bonds. The Morgan fingerprint density at radius 1 is 1.04 bits per heavy atom. The van der Waals surface area contributed by atoms with Crippen LogP contribution in [0.3, 0.4) is 0 Å². The van der Waals surface area contributed by atoms with Gasteiger partial charge in [-0.25, -0.2) is 0 Å². The van der Waals surface area contributed by atoms with E-state index in [0.29, 0.717) is 16.8 Å². The highest BCUT2D eigenvalue weighted by atomic mass is 16.5. The fourth-order valence-corrected chi connectivity index (χ4v) is 2.20. The van der Waals surface area contributed by atoms with Gasteiger partial charge in [-0.2, -0.15) is 0 Å². The van der Waals surface area contributed by atoms with Crippen LogP contribution < -0.4 is 5.32 Å². The lowest BCUT2D eigenvalue weighted by molar-refractivity contribution is -0.141. The molecule has 0 spiro atoms. The molecule has 0 saturated carbocycles. The van der Waals surface area contributed by atoms with Crippen molar-refractivity contribution in [2.24, 2.45) is 0 Å². The van der Waals surface area contributed by atoms with Crippen LogP contribution in [0.5, 0.6) is 0 Å². The average Bonchev–Trinajstić information content (AvgIpc) is 2.56. The minimum Gasteiger partial charge on any atom is -0.465 e. The molecule has 5 heteroatoms. The Kier molecular flexibility index (Phi) is 5.84. The number of carbonyl (C=O) groups excluding carboxylic acids is 3. The summed E-state index contributed by atoms with van der Waals surface area (Å²) in [7, 11) is 0. The van der Waals surface area contributed by atoms with E-state index in [1.165, 1.54) is 6.92 Å². The van der Waals surface area contributed by atoms with Crippen molar-refractivity contribution in [3.63, 3.8) is 0 Å². The Morgan fingerprint density at radius 3 is 2.42 bits per heavy atom. The molecule has 1 N–H and O–H groups in total. The van der Waals surface area contributed by atoms with Crippen molar-refractivity contribution in [1.82, 2.24) is 0 Å². The normalized spacial score (nSPS) is 10.1. The first kappa shape index (κ1) is 17.4. The maximum atomic E-state index is 12.7. The van der Waals surface area contributed by atoms with Gasteiger partial charge in [-0.05, 0) is 19.1 Å². The highest BCUT2D eigenvalue weighted by Gasteiger charge is 2.15. The van der Waals surface area contributed by atoms with E-state index in [-0.39, 0.29) is 24.7 Å². The summed E-state index contributed by atoms with van der Waals surface area (Å²) < 4.78 is 4.75. The Bertz CT molecular complexity index is 753. The van der Waals surface area contributed by atoms with Gasteiger partial charge < -0.3 is 10.1 Å². The number of anilines is 1. The SMILES string of the molecule is CC(=O)OCCC(=O)Nc1ccc(C)cc1C(=O)c1ccccc1. The zero-order chi connectivity index (χ0) is 17.5. The van der Waals surface area contributed by atoms with Gasteiger partial charge in [-0.3, -0.25) is 14.4 Å². The van der Waals surface area contributed by atoms with Crippen molar-refractivity contribution in [2.75, 3.05) is 11.9 Å². The number of ether oxygens (including phenoxy) is 1. The van der Waals surface area contributed by atoms with Gasteiger partial charge in [0.1, 0.15) is 6.61 Å². The maximum absolute atomic E-state index is 12.7. The molecule has 5 nitrogen and oxygen atoms in total. The fraction of sp³-hybridized carbons (Fsp3) is 0.211. The Balaban J connectivity index is 2.17. The molecule has 0 aliphatic heterocycles. The first-order valence-electron chi connectivity index (χ1n) is 7.61. The third-order valence-corrected chi connectivity index (χ3v) is 3.36. The van der Waals surface area contributed by atoms with E-state index in [4.69, 9.17) is 4.74 Å². The van der Waals surface area contributed by atoms with Crippen LogP contribution in [0.1, 0.15) is 34.8 Å². The van der Waals surface area contributed by atoms with Gasteiger partial charge in [0, 0.05) is 18.1 Å². The minimum atomic E-state index is -0.432. The molecule has 124 valence electrons. The van der Waals surface area contributed by atoms with Gasteiger partial charge in [0.05, 0.1) is 12.1 Å². The van der Waals surface area contributed by atoms with E-state index in [1.807, 2.05) is 19.1 Å². The van der Waals surface area contributed by atoms with E-state index in [1.54, 1.807) is 36.4 Å². The molecule has 24 heavy (non-hydrogen) atoms. The number of ketones is 1. The third kappa shape index (κ3) is 4.78. The van der Waals surface area contributed by atoms with Gasteiger partial charge >= 0.3 is 5.97 Å². The molecule has 2 aromatic carbocycles. The van der Waals surface area contributed by atoms with Gasteiger partial charge in [0.25, 0.3) is 0 Å². The monoisotopic (exact) mass is 325 g/mol. The smallest absolute Gasteiger partial charge is 0.302 e. The zero-order valence-corrected chi connectivity index (χ0v) is 13.7. The van der Waals surface area contributed by atoms with Gasteiger partial charge in [-0.15, -0.1) is 0 Å².